The van der Waals surface area contributed by atoms with Crippen LogP contribution in [0.25, 0.3) is 0 Å². The third kappa shape index (κ3) is 5.39. The lowest BCUT2D eigenvalue weighted by molar-refractivity contribution is -0.130. The van der Waals surface area contributed by atoms with E-state index in [4.69, 9.17) is 5.73 Å². The largest absolute Gasteiger partial charge is 0.397 e. The van der Waals surface area contributed by atoms with E-state index in [1.54, 1.807) is 19.0 Å². The summed E-state index contributed by atoms with van der Waals surface area (Å²) in [5.41, 5.74) is 6.14. The maximum Gasteiger partial charge on any atom is 0.238 e. The molecule has 0 atom stereocenters. The number of nitrogens with two attached hydrogens (primary N) is 1. The topological polar surface area (TPSA) is 78.7 Å². The number of carbonyl (C=O) groups excluding carboxylic acids is 2. The van der Waals surface area contributed by atoms with Gasteiger partial charge in [-0.2, -0.15) is 0 Å². The van der Waals surface area contributed by atoms with Gasteiger partial charge in [-0.05, 0) is 24.7 Å². The molecule has 0 radical (unpaired) electrons. The zero-order valence-corrected chi connectivity index (χ0v) is 12.5. The molecular formula is C14H21FN4O2. The predicted octanol–water partition coefficient (Wildman–Crippen LogP) is 0.757. The third-order valence-electron chi connectivity index (χ3n) is 2.96. The van der Waals surface area contributed by atoms with E-state index in [-0.39, 0.29) is 30.6 Å². The molecule has 7 heteroatoms. The highest BCUT2D eigenvalue weighted by Crippen LogP contribution is 2.18. The van der Waals surface area contributed by atoms with Crippen LogP contribution < -0.4 is 11.1 Å². The van der Waals surface area contributed by atoms with Crippen LogP contribution in [-0.4, -0.2) is 55.3 Å². The summed E-state index contributed by atoms with van der Waals surface area (Å²) in [6.45, 7) is 2.65. The summed E-state index contributed by atoms with van der Waals surface area (Å²) in [5, 5.41) is 2.61. The number of hydrogen-bond acceptors (Lipinski definition) is 4. The van der Waals surface area contributed by atoms with Crippen molar-refractivity contribution in [3.63, 3.8) is 0 Å². The molecule has 1 aromatic carbocycles. The van der Waals surface area contributed by atoms with Crippen molar-refractivity contribution in [2.45, 2.75) is 6.92 Å². The van der Waals surface area contributed by atoms with E-state index in [9.17, 15) is 14.0 Å². The Kier molecular flexibility index (Phi) is 6.10. The van der Waals surface area contributed by atoms with Crippen molar-refractivity contribution in [3.8, 4) is 0 Å². The van der Waals surface area contributed by atoms with Crippen LogP contribution in [0.1, 0.15) is 6.92 Å². The Balaban J connectivity index is 2.60. The standard InChI is InChI=1S/C14H21FN4O2/c1-4-19(9-14(21)18(2)3)8-13(20)17-12-6-5-10(15)7-11(12)16/h5-7H,4,8-9,16H2,1-3H3,(H,17,20). The van der Waals surface area contributed by atoms with Gasteiger partial charge in [-0.15, -0.1) is 0 Å². The molecule has 0 spiro atoms. The van der Waals surface area contributed by atoms with Gasteiger partial charge >= 0.3 is 0 Å². The molecule has 2 amide bonds. The molecule has 3 N–H and O–H groups in total. The van der Waals surface area contributed by atoms with Gasteiger partial charge in [-0.25, -0.2) is 4.39 Å². The number of amides is 2. The number of rotatable bonds is 6. The molecule has 0 aliphatic carbocycles. The summed E-state index contributed by atoms with van der Waals surface area (Å²) >= 11 is 0. The molecule has 0 aliphatic rings. The van der Waals surface area contributed by atoms with Crippen molar-refractivity contribution >= 4 is 23.2 Å². The predicted molar refractivity (Wildman–Crippen MR) is 80.3 cm³/mol. The molecule has 0 fully saturated rings. The number of carbonyl (C=O) groups is 2. The Labute approximate surface area is 123 Å². The molecule has 116 valence electrons. The molecule has 21 heavy (non-hydrogen) atoms. The van der Waals surface area contributed by atoms with Gasteiger partial charge in [0.2, 0.25) is 11.8 Å². The summed E-state index contributed by atoms with van der Waals surface area (Å²) < 4.78 is 12.9. The molecule has 0 bridgehead atoms. The van der Waals surface area contributed by atoms with Crippen LogP contribution >= 0.6 is 0 Å². The van der Waals surface area contributed by atoms with Crippen LogP contribution in [-0.2, 0) is 9.59 Å². The van der Waals surface area contributed by atoms with Gasteiger partial charge in [0.05, 0.1) is 24.5 Å². The summed E-state index contributed by atoms with van der Waals surface area (Å²) in [6, 6.07) is 3.77. The van der Waals surface area contributed by atoms with Crippen molar-refractivity contribution in [1.29, 1.82) is 0 Å². The van der Waals surface area contributed by atoms with Gasteiger partial charge in [0, 0.05) is 14.1 Å². The maximum atomic E-state index is 12.9. The average Bonchev–Trinajstić information content (AvgIpc) is 2.40. The normalized spacial score (nSPS) is 10.5. The molecule has 6 nitrogen and oxygen atoms in total. The maximum absolute atomic E-state index is 12.9. The summed E-state index contributed by atoms with van der Waals surface area (Å²) in [4.78, 5) is 26.8. The van der Waals surface area contributed by atoms with Crippen molar-refractivity contribution in [3.05, 3.63) is 24.0 Å². The lowest BCUT2D eigenvalue weighted by Crippen LogP contribution is -2.40. The summed E-state index contributed by atoms with van der Waals surface area (Å²) in [6.07, 6.45) is 0. The number of nitrogens with one attached hydrogen (secondary N) is 1. The first kappa shape index (κ1) is 16.9. The SMILES string of the molecule is CCN(CC(=O)Nc1ccc(F)cc1N)CC(=O)N(C)C. The highest BCUT2D eigenvalue weighted by molar-refractivity contribution is 5.95. The lowest BCUT2D eigenvalue weighted by Gasteiger charge is -2.21. The Morgan fingerprint density at radius 1 is 1.29 bits per heavy atom. The van der Waals surface area contributed by atoms with E-state index < -0.39 is 5.82 Å². The Morgan fingerprint density at radius 3 is 2.48 bits per heavy atom. The monoisotopic (exact) mass is 296 g/mol. The lowest BCUT2D eigenvalue weighted by atomic mass is 10.2. The number of halogens is 1. The number of likely N-dealkylation sites (N-methyl/N-ethyl adjacent to an activating group) is 2. The molecule has 0 saturated carbocycles. The number of benzene rings is 1. The first-order valence-corrected chi connectivity index (χ1v) is 6.60. The second-order valence-electron chi connectivity index (χ2n) is 4.87. The zero-order chi connectivity index (χ0) is 16.0. The second-order valence-corrected chi connectivity index (χ2v) is 4.87. The number of nitrogen functional groups attached to an aromatic ring is 1. The van der Waals surface area contributed by atoms with Crippen molar-refractivity contribution in [1.82, 2.24) is 9.80 Å². The van der Waals surface area contributed by atoms with E-state index >= 15 is 0 Å². The molecule has 0 heterocycles. The molecule has 0 aliphatic heterocycles. The number of nitrogens with zero attached hydrogens (tertiary/aromatic N) is 2. The fourth-order valence-corrected chi connectivity index (χ4v) is 1.65. The zero-order valence-electron chi connectivity index (χ0n) is 12.5. The minimum atomic E-state index is -0.461. The van der Waals surface area contributed by atoms with E-state index in [2.05, 4.69) is 5.32 Å². The van der Waals surface area contributed by atoms with Crippen molar-refractivity contribution in [2.75, 3.05) is 44.8 Å². The molecule has 0 unspecified atom stereocenters. The van der Waals surface area contributed by atoms with Crippen LogP contribution in [0, 0.1) is 5.82 Å². The molecule has 0 aromatic heterocycles. The van der Waals surface area contributed by atoms with E-state index in [1.807, 2.05) is 6.92 Å². The first-order valence-electron chi connectivity index (χ1n) is 6.60. The highest BCUT2D eigenvalue weighted by Gasteiger charge is 2.15. The third-order valence-corrected chi connectivity index (χ3v) is 2.96. The Hall–Kier alpha value is -2.15. The second kappa shape index (κ2) is 7.58. The van der Waals surface area contributed by atoms with Crippen LogP contribution in [0.2, 0.25) is 0 Å². The van der Waals surface area contributed by atoms with Crippen LogP contribution in [0.4, 0.5) is 15.8 Å². The molecule has 1 rings (SSSR count). The van der Waals surface area contributed by atoms with Gasteiger partial charge in [-0.1, -0.05) is 6.92 Å². The number of hydrogen-bond donors (Lipinski definition) is 2. The van der Waals surface area contributed by atoms with Crippen molar-refractivity contribution in [2.24, 2.45) is 0 Å². The van der Waals surface area contributed by atoms with Crippen LogP contribution in [0.3, 0.4) is 0 Å². The first-order chi connectivity index (χ1) is 9.83. The van der Waals surface area contributed by atoms with Gasteiger partial charge in [-0.3, -0.25) is 14.5 Å². The number of anilines is 2. The Bertz CT molecular complexity index is 520. The molecular weight excluding hydrogens is 275 g/mol. The molecule has 1 aromatic rings. The fourth-order valence-electron chi connectivity index (χ4n) is 1.65. The summed E-state index contributed by atoms with van der Waals surface area (Å²) in [5.74, 6) is -0.843. The fraction of sp³-hybridized carbons (Fsp3) is 0.429. The average molecular weight is 296 g/mol. The summed E-state index contributed by atoms with van der Waals surface area (Å²) in [7, 11) is 3.32. The van der Waals surface area contributed by atoms with Gasteiger partial charge in [0.1, 0.15) is 5.82 Å². The van der Waals surface area contributed by atoms with Crippen LogP contribution in [0.15, 0.2) is 18.2 Å². The van der Waals surface area contributed by atoms with Gasteiger partial charge in [0.15, 0.2) is 0 Å². The minimum Gasteiger partial charge on any atom is -0.397 e. The van der Waals surface area contributed by atoms with Crippen LogP contribution in [0.5, 0.6) is 0 Å². The van der Waals surface area contributed by atoms with Gasteiger partial charge < -0.3 is 16.0 Å². The van der Waals surface area contributed by atoms with E-state index in [0.717, 1.165) is 6.07 Å². The van der Waals surface area contributed by atoms with E-state index in [0.29, 0.717) is 12.2 Å². The quantitative estimate of drug-likeness (QED) is 0.760. The minimum absolute atomic E-state index is 0.0624. The smallest absolute Gasteiger partial charge is 0.238 e. The van der Waals surface area contributed by atoms with Crippen molar-refractivity contribution < 1.29 is 14.0 Å². The molecule has 0 saturated heterocycles. The highest BCUT2D eigenvalue weighted by atomic mass is 19.1. The Morgan fingerprint density at radius 2 is 1.95 bits per heavy atom. The van der Waals surface area contributed by atoms with Gasteiger partial charge in [0.25, 0.3) is 0 Å². The van der Waals surface area contributed by atoms with E-state index in [1.165, 1.54) is 17.0 Å².